The fourth-order valence-electron chi connectivity index (χ4n) is 6.73. The lowest BCUT2D eigenvalue weighted by atomic mass is 9.76. The lowest BCUT2D eigenvalue weighted by molar-refractivity contribution is -0.125. The van der Waals surface area contributed by atoms with Crippen LogP contribution >= 0.6 is 0 Å². The molecule has 3 heterocycles. The predicted molar refractivity (Wildman–Crippen MR) is 156 cm³/mol. The van der Waals surface area contributed by atoms with Crippen LogP contribution in [0.15, 0.2) is 61.1 Å². The Morgan fingerprint density at radius 1 is 1.00 bits per heavy atom. The minimum Gasteiger partial charge on any atom is -0.383 e. The first-order valence-electron chi connectivity index (χ1n) is 14.2. The molecule has 0 spiro atoms. The molecule has 39 heavy (non-hydrogen) atoms. The second-order valence-corrected chi connectivity index (χ2v) is 11.6. The Morgan fingerprint density at radius 2 is 1.72 bits per heavy atom. The smallest absolute Gasteiger partial charge is 0.228 e. The maximum Gasteiger partial charge on any atom is 0.228 e. The van der Waals surface area contributed by atoms with Gasteiger partial charge in [-0.05, 0) is 56.7 Å². The lowest BCUT2D eigenvalue weighted by Gasteiger charge is -2.41. The van der Waals surface area contributed by atoms with Crippen LogP contribution in [0.25, 0.3) is 22.2 Å². The Labute approximate surface area is 230 Å². The van der Waals surface area contributed by atoms with Gasteiger partial charge in [-0.25, -0.2) is 9.97 Å². The molecule has 2 aliphatic carbocycles. The lowest BCUT2D eigenvalue weighted by Crippen LogP contribution is -2.49. The summed E-state index contributed by atoms with van der Waals surface area (Å²) >= 11 is 0. The molecule has 204 valence electrons. The van der Waals surface area contributed by atoms with E-state index in [9.17, 15) is 4.79 Å². The van der Waals surface area contributed by atoms with Gasteiger partial charge < -0.3 is 20.9 Å². The third-order valence-corrected chi connectivity index (χ3v) is 9.17. The number of nitrogen functional groups attached to an aromatic ring is 1. The van der Waals surface area contributed by atoms with Crippen molar-refractivity contribution in [2.24, 2.45) is 11.1 Å². The summed E-state index contributed by atoms with van der Waals surface area (Å²) in [4.78, 5) is 26.5. The summed E-state index contributed by atoms with van der Waals surface area (Å²) in [5.41, 5.74) is 15.7. The standard InChI is InChI=1S/C31H39N7O/c1-36-15-17-37(18-16-36)24-9-11-25(12-10-24)38-20-26(27-28(32)34-21-35-29(27)38)23-7-5-22(6-8-23)19-31(30(33)39)13-3-2-4-14-31/h2-8,13,20-21,24-25H,9-12,14-19H2,1H3,(H2,33,39)(H2,32,34,35). The minimum absolute atomic E-state index is 0.289. The van der Waals surface area contributed by atoms with Crippen LogP contribution in [-0.4, -0.2) is 69.5 Å². The van der Waals surface area contributed by atoms with Gasteiger partial charge in [0.2, 0.25) is 5.91 Å². The van der Waals surface area contributed by atoms with Gasteiger partial charge in [0.15, 0.2) is 0 Å². The van der Waals surface area contributed by atoms with E-state index in [1.165, 1.54) is 25.9 Å². The van der Waals surface area contributed by atoms with E-state index >= 15 is 0 Å². The van der Waals surface area contributed by atoms with Crippen LogP contribution in [0, 0.1) is 5.41 Å². The maximum absolute atomic E-state index is 12.3. The summed E-state index contributed by atoms with van der Waals surface area (Å²) in [7, 11) is 2.22. The van der Waals surface area contributed by atoms with Crippen LogP contribution < -0.4 is 11.5 Å². The summed E-state index contributed by atoms with van der Waals surface area (Å²) in [6, 6.07) is 9.50. The molecule has 3 aliphatic rings. The summed E-state index contributed by atoms with van der Waals surface area (Å²) in [5, 5.41) is 0.917. The third-order valence-electron chi connectivity index (χ3n) is 9.17. The van der Waals surface area contributed by atoms with E-state index in [2.05, 4.69) is 56.9 Å². The number of fused-ring (bicyclic) bond motifs is 1. The molecule has 1 atom stereocenters. The number of piperazine rings is 1. The quantitative estimate of drug-likeness (QED) is 0.505. The number of carbonyl (C=O) groups is 1. The van der Waals surface area contributed by atoms with Crippen LogP contribution in [0.2, 0.25) is 0 Å². The van der Waals surface area contributed by atoms with Gasteiger partial charge in [-0.2, -0.15) is 0 Å². The average Bonchev–Trinajstić information content (AvgIpc) is 3.35. The number of allylic oxidation sites excluding steroid dienone is 3. The number of nitrogens with two attached hydrogens (primary N) is 2. The van der Waals surface area contributed by atoms with E-state index in [0.29, 0.717) is 30.7 Å². The van der Waals surface area contributed by atoms with Crippen molar-refractivity contribution in [3.05, 3.63) is 66.7 Å². The second kappa shape index (κ2) is 10.6. The molecule has 8 heteroatoms. The summed E-state index contributed by atoms with van der Waals surface area (Å²) in [5.74, 6) is 0.221. The Balaban J connectivity index is 1.24. The zero-order valence-corrected chi connectivity index (χ0v) is 22.8. The molecule has 3 aromatic rings. The van der Waals surface area contributed by atoms with Gasteiger partial charge >= 0.3 is 0 Å². The highest BCUT2D eigenvalue weighted by atomic mass is 16.1. The van der Waals surface area contributed by atoms with Gasteiger partial charge in [0, 0.05) is 50.0 Å². The number of hydrogen-bond donors (Lipinski definition) is 2. The summed E-state index contributed by atoms with van der Waals surface area (Å²) in [6.07, 6.45) is 17.5. The molecule has 2 aromatic heterocycles. The van der Waals surface area contributed by atoms with Crippen molar-refractivity contribution in [1.29, 1.82) is 0 Å². The highest BCUT2D eigenvalue weighted by Gasteiger charge is 2.34. The molecule has 0 radical (unpaired) electrons. The molecular weight excluding hydrogens is 486 g/mol. The van der Waals surface area contributed by atoms with Crippen LogP contribution in [0.4, 0.5) is 5.82 Å². The van der Waals surface area contributed by atoms with Gasteiger partial charge in [-0.3, -0.25) is 9.69 Å². The molecule has 8 nitrogen and oxygen atoms in total. The van der Waals surface area contributed by atoms with Crippen molar-refractivity contribution in [2.75, 3.05) is 39.0 Å². The van der Waals surface area contributed by atoms with Crippen molar-refractivity contribution >= 4 is 22.8 Å². The molecule has 1 saturated heterocycles. The van der Waals surface area contributed by atoms with E-state index in [0.717, 1.165) is 53.7 Å². The molecule has 1 amide bonds. The number of benzene rings is 1. The van der Waals surface area contributed by atoms with Crippen LogP contribution in [0.3, 0.4) is 0 Å². The molecule has 6 rings (SSSR count). The van der Waals surface area contributed by atoms with Crippen molar-refractivity contribution < 1.29 is 4.79 Å². The monoisotopic (exact) mass is 525 g/mol. The zero-order valence-electron chi connectivity index (χ0n) is 22.8. The maximum atomic E-state index is 12.3. The van der Waals surface area contributed by atoms with Crippen LogP contribution in [0.1, 0.15) is 43.7 Å². The number of likely N-dealkylation sites (N-methyl/N-ethyl adjacent to an activating group) is 1. The zero-order chi connectivity index (χ0) is 27.0. The number of aromatic nitrogens is 3. The van der Waals surface area contributed by atoms with E-state index in [-0.39, 0.29) is 5.91 Å². The average molecular weight is 526 g/mol. The molecule has 1 aromatic carbocycles. The number of carbonyl (C=O) groups excluding carboxylic acids is 1. The number of rotatable bonds is 6. The Bertz CT molecular complexity index is 1390. The fourth-order valence-corrected chi connectivity index (χ4v) is 6.73. The Morgan fingerprint density at radius 3 is 2.38 bits per heavy atom. The van der Waals surface area contributed by atoms with Gasteiger partial charge in [0.1, 0.15) is 17.8 Å². The van der Waals surface area contributed by atoms with E-state index in [1.807, 2.05) is 24.3 Å². The normalized spacial score (nSPS) is 26.3. The second-order valence-electron chi connectivity index (χ2n) is 11.6. The van der Waals surface area contributed by atoms with E-state index < -0.39 is 5.41 Å². The summed E-state index contributed by atoms with van der Waals surface area (Å²) in [6.45, 7) is 4.68. The predicted octanol–water partition coefficient (Wildman–Crippen LogP) is 3.94. The first kappa shape index (κ1) is 25.8. The summed E-state index contributed by atoms with van der Waals surface area (Å²) < 4.78 is 2.35. The van der Waals surface area contributed by atoms with Crippen molar-refractivity contribution in [3.8, 4) is 11.1 Å². The SMILES string of the molecule is CN1CCN(C2CCC(n3cc(-c4ccc(CC5(C(N)=O)C=CC=CC5)cc4)c4c(N)ncnc43)CC2)CC1. The largest absolute Gasteiger partial charge is 0.383 e. The number of primary amides is 1. The van der Waals surface area contributed by atoms with Gasteiger partial charge in [0.25, 0.3) is 0 Å². The van der Waals surface area contributed by atoms with Crippen LogP contribution in [0.5, 0.6) is 0 Å². The van der Waals surface area contributed by atoms with Gasteiger partial charge in [-0.15, -0.1) is 0 Å². The van der Waals surface area contributed by atoms with E-state index in [4.69, 9.17) is 16.5 Å². The van der Waals surface area contributed by atoms with Gasteiger partial charge in [0.05, 0.1) is 10.8 Å². The number of nitrogens with zero attached hydrogens (tertiary/aromatic N) is 5. The molecular formula is C31H39N7O. The van der Waals surface area contributed by atoms with Crippen LogP contribution in [-0.2, 0) is 11.2 Å². The van der Waals surface area contributed by atoms with Gasteiger partial charge in [-0.1, -0.05) is 48.6 Å². The van der Waals surface area contributed by atoms with Crippen molar-refractivity contribution in [1.82, 2.24) is 24.3 Å². The first-order chi connectivity index (χ1) is 18.9. The molecule has 1 saturated carbocycles. The minimum atomic E-state index is -0.673. The molecule has 2 fully saturated rings. The third kappa shape index (κ3) is 4.99. The molecule has 4 N–H and O–H groups in total. The van der Waals surface area contributed by atoms with E-state index in [1.54, 1.807) is 6.33 Å². The van der Waals surface area contributed by atoms with Crippen molar-refractivity contribution in [2.45, 2.75) is 50.6 Å². The number of hydrogen-bond acceptors (Lipinski definition) is 6. The first-order valence-corrected chi connectivity index (χ1v) is 14.2. The number of amides is 1. The highest BCUT2D eigenvalue weighted by molar-refractivity contribution is 6.00. The topological polar surface area (TPSA) is 106 Å². The fraction of sp³-hybridized carbons (Fsp3) is 0.452. The Hall–Kier alpha value is -3.49. The Kier molecular flexibility index (Phi) is 6.99. The van der Waals surface area contributed by atoms with Crippen molar-refractivity contribution in [3.63, 3.8) is 0 Å². The highest BCUT2D eigenvalue weighted by Crippen LogP contribution is 2.39. The molecule has 1 unspecified atom stereocenters. The number of anilines is 1. The molecule has 1 aliphatic heterocycles. The molecule has 0 bridgehead atoms.